The molecule has 1 aromatic carbocycles. The van der Waals surface area contributed by atoms with Crippen LogP contribution >= 0.6 is 0 Å². The highest BCUT2D eigenvalue weighted by Gasteiger charge is 2.39. The molecular formula is C25H29F3N4O3. The molecule has 1 aromatic heterocycles. The van der Waals surface area contributed by atoms with Crippen molar-refractivity contribution in [2.75, 3.05) is 19.6 Å². The van der Waals surface area contributed by atoms with E-state index in [1.165, 1.54) is 12.1 Å². The molecule has 4 rings (SSSR count). The first-order valence-electron chi connectivity index (χ1n) is 11.8. The number of ketones is 1. The fourth-order valence-electron chi connectivity index (χ4n) is 5.11. The van der Waals surface area contributed by atoms with Crippen LogP contribution in [0.1, 0.15) is 60.1 Å². The van der Waals surface area contributed by atoms with Gasteiger partial charge in [0.1, 0.15) is 5.60 Å². The summed E-state index contributed by atoms with van der Waals surface area (Å²) in [7, 11) is 0. The lowest BCUT2D eigenvalue weighted by Crippen LogP contribution is -2.42. The molecule has 0 bridgehead atoms. The molecule has 1 aliphatic carbocycles. The molecule has 188 valence electrons. The van der Waals surface area contributed by atoms with Crippen LogP contribution in [0.5, 0.6) is 0 Å². The number of aliphatic hydroxyl groups is 1. The SMILES string of the molecule is O=C(CNC(=O)c1cccc(C(F)(F)F)c1)C[C@@H]1CCN(C2CCC(O)(c3cnccn3)CC2)C1. The number of nitrogens with zero attached hydrogens (tertiary/aromatic N) is 3. The zero-order chi connectivity index (χ0) is 25.1. The van der Waals surface area contributed by atoms with Crippen molar-refractivity contribution in [3.8, 4) is 0 Å². The Kier molecular flexibility index (Phi) is 7.51. The molecule has 2 heterocycles. The second kappa shape index (κ2) is 10.4. The molecule has 0 unspecified atom stereocenters. The van der Waals surface area contributed by atoms with Gasteiger partial charge in [-0.05, 0) is 62.8 Å². The number of hydrogen-bond donors (Lipinski definition) is 2. The minimum absolute atomic E-state index is 0.126. The summed E-state index contributed by atoms with van der Waals surface area (Å²) in [6, 6.07) is 4.49. The lowest BCUT2D eigenvalue weighted by Gasteiger charge is -2.39. The van der Waals surface area contributed by atoms with Gasteiger partial charge in [0.15, 0.2) is 5.78 Å². The summed E-state index contributed by atoms with van der Waals surface area (Å²) < 4.78 is 38.5. The Balaban J connectivity index is 1.21. The Labute approximate surface area is 201 Å². The van der Waals surface area contributed by atoms with Crippen LogP contribution < -0.4 is 5.32 Å². The molecule has 1 amide bonds. The average Bonchev–Trinajstić information content (AvgIpc) is 3.31. The van der Waals surface area contributed by atoms with Crippen LogP contribution in [0, 0.1) is 5.92 Å². The number of halogens is 3. The zero-order valence-electron chi connectivity index (χ0n) is 19.3. The number of carbonyl (C=O) groups excluding carboxylic acids is 2. The monoisotopic (exact) mass is 490 g/mol. The van der Waals surface area contributed by atoms with E-state index in [2.05, 4.69) is 20.2 Å². The number of hydrogen-bond acceptors (Lipinski definition) is 6. The zero-order valence-corrected chi connectivity index (χ0v) is 19.3. The standard InChI is InChI=1S/C25H29F3N4O3/c26-25(27,28)19-3-1-2-18(13-19)23(34)31-14-21(33)12-17-6-11-32(16-17)20-4-7-24(35,8-5-20)22-15-29-9-10-30-22/h1-3,9-10,13,15,17,20,35H,4-8,11-12,14,16H2,(H,31,34)/t17-,20?,24?/m0/s1. The first-order valence-corrected chi connectivity index (χ1v) is 11.8. The van der Waals surface area contributed by atoms with Gasteiger partial charge in [-0.25, -0.2) is 0 Å². The third-order valence-corrected chi connectivity index (χ3v) is 7.07. The maximum Gasteiger partial charge on any atom is 0.416 e. The second-order valence-electron chi connectivity index (χ2n) is 9.51. The lowest BCUT2D eigenvalue weighted by atomic mass is 9.79. The Morgan fingerprint density at radius 2 is 1.94 bits per heavy atom. The Bertz CT molecular complexity index is 1040. The van der Waals surface area contributed by atoms with Crippen molar-refractivity contribution >= 4 is 11.7 Å². The Morgan fingerprint density at radius 3 is 2.63 bits per heavy atom. The van der Waals surface area contributed by atoms with E-state index in [0.717, 1.165) is 44.5 Å². The molecular weight excluding hydrogens is 461 g/mol. The van der Waals surface area contributed by atoms with Gasteiger partial charge in [0, 0.05) is 37.0 Å². The number of likely N-dealkylation sites (tertiary alicyclic amines) is 1. The number of aromatic nitrogens is 2. The molecule has 1 atom stereocenters. The summed E-state index contributed by atoms with van der Waals surface area (Å²) in [5.74, 6) is -0.665. The molecule has 10 heteroatoms. The highest BCUT2D eigenvalue weighted by Crippen LogP contribution is 2.39. The average molecular weight is 491 g/mol. The third-order valence-electron chi connectivity index (χ3n) is 7.07. The van der Waals surface area contributed by atoms with Crippen LogP contribution in [0.4, 0.5) is 13.2 Å². The van der Waals surface area contributed by atoms with Crippen LogP contribution in [0.15, 0.2) is 42.9 Å². The summed E-state index contributed by atoms with van der Waals surface area (Å²) in [6.07, 6.45) is 4.33. The number of amides is 1. The normalized spacial score (nSPS) is 25.4. The first kappa shape index (κ1) is 25.2. The van der Waals surface area contributed by atoms with Crippen molar-refractivity contribution in [1.82, 2.24) is 20.2 Å². The van der Waals surface area contributed by atoms with E-state index in [9.17, 15) is 27.9 Å². The van der Waals surface area contributed by atoms with Crippen molar-refractivity contribution in [3.05, 3.63) is 59.7 Å². The number of rotatable bonds is 7. The third kappa shape index (κ3) is 6.24. The smallest absolute Gasteiger partial charge is 0.383 e. The lowest BCUT2D eigenvalue weighted by molar-refractivity contribution is -0.137. The minimum Gasteiger partial charge on any atom is -0.383 e. The van der Waals surface area contributed by atoms with E-state index in [-0.39, 0.29) is 23.8 Å². The van der Waals surface area contributed by atoms with Crippen molar-refractivity contribution in [2.24, 2.45) is 5.92 Å². The van der Waals surface area contributed by atoms with Gasteiger partial charge in [-0.3, -0.25) is 19.6 Å². The maximum atomic E-state index is 12.8. The van der Waals surface area contributed by atoms with E-state index in [1.54, 1.807) is 18.6 Å². The van der Waals surface area contributed by atoms with Gasteiger partial charge >= 0.3 is 6.18 Å². The van der Waals surface area contributed by atoms with Gasteiger partial charge < -0.3 is 15.3 Å². The highest BCUT2D eigenvalue weighted by molar-refractivity contribution is 5.96. The summed E-state index contributed by atoms with van der Waals surface area (Å²) in [5, 5.41) is 13.4. The molecule has 0 spiro atoms. The Morgan fingerprint density at radius 1 is 1.17 bits per heavy atom. The molecule has 2 aromatic rings. The van der Waals surface area contributed by atoms with Crippen LogP contribution in [-0.4, -0.2) is 57.3 Å². The minimum atomic E-state index is -4.53. The number of benzene rings is 1. The summed E-state index contributed by atoms with van der Waals surface area (Å²) in [5.41, 5.74) is -1.37. The summed E-state index contributed by atoms with van der Waals surface area (Å²) in [6.45, 7) is 1.45. The van der Waals surface area contributed by atoms with Gasteiger partial charge in [-0.1, -0.05) is 6.07 Å². The molecule has 1 aliphatic heterocycles. The summed E-state index contributed by atoms with van der Waals surface area (Å²) in [4.78, 5) is 35.3. The van der Waals surface area contributed by atoms with E-state index in [1.807, 2.05) is 0 Å². The fraction of sp³-hybridized carbons (Fsp3) is 0.520. The molecule has 7 nitrogen and oxygen atoms in total. The van der Waals surface area contributed by atoms with Gasteiger partial charge in [-0.2, -0.15) is 13.2 Å². The van der Waals surface area contributed by atoms with Crippen molar-refractivity contribution in [2.45, 2.75) is 56.3 Å². The largest absolute Gasteiger partial charge is 0.416 e. The molecule has 35 heavy (non-hydrogen) atoms. The van der Waals surface area contributed by atoms with Gasteiger partial charge in [0.2, 0.25) is 0 Å². The molecule has 2 fully saturated rings. The van der Waals surface area contributed by atoms with Gasteiger partial charge in [-0.15, -0.1) is 0 Å². The first-order chi connectivity index (χ1) is 16.6. The van der Waals surface area contributed by atoms with Crippen LogP contribution in [-0.2, 0) is 16.6 Å². The number of alkyl halides is 3. The van der Waals surface area contributed by atoms with Gasteiger partial charge in [0.25, 0.3) is 5.91 Å². The van der Waals surface area contributed by atoms with Crippen LogP contribution in [0.3, 0.4) is 0 Å². The molecule has 0 radical (unpaired) electrons. The number of Topliss-reactive ketones (excluding diaryl/α,β-unsaturated/α-hetero) is 1. The maximum absolute atomic E-state index is 12.8. The Hall–Kier alpha value is -2.85. The molecule has 2 N–H and O–H groups in total. The summed E-state index contributed by atoms with van der Waals surface area (Å²) >= 11 is 0. The van der Waals surface area contributed by atoms with Crippen molar-refractivity contribution < 1.29 is 27.9 Å². The van der Waals surface area contributed by atoms with Crippen molar-refractivity contribution in [3.63, 3.8) is 0 Å². The van der Waals surface area contributed by atoms with Crippen LogP contribution in [0.25, 0.3) is 0 Å². The van der Waals surface area contributed by atoms with Gasteiger partial charge in [0.05, 0.1) is 24.0 Å². The van der Waals surface area contributed by atoms with E-state index in [4.69, 9.17) is 0 Å². The van der Waals surface area contributed by atoms with Crippen LogP contribution in [0.2, 0.25) is 0 Å². The quantitative estimate of drug-likeness (QED) is 0.618. The molecule has 1 saturated heterocycles. The molecule has 1 saturated carbocycles. The van der Waals surface area contributed by atoms with E-state index in [0.29, 0.717) is 31.0 Å². The predicted molar refractivity (Wildman–Crippen MR) is 121 cm³/mol. The number of carbonyl (C=O) groups is 2. The fourth-order valence-corrected chi connectivity index (χ4v) is 5.11. The highest BCUT2D eigenvalue weighted by atomic mass is 19.4. The van der Waals surface area contributed by atoms with E-state index < -0.39 is 23.2 Å². The molecule has 2 aliphatic rings. The second-order valence-corrected chi connectivity index (χ2v) is 9.51. The predicted octanol–water partition coefficient (Wildman–Crippen LogP) is 3.34. The number of nitrogens with one attached hydrogen (secondary N) is 1. The van der Waals surface area contributed by atoms with E-state index >= 15 is 0 Å². The van der Waals surface area contributed by atoms with Crippen molar-refractivity contribution in [1.29, 1.82) is 0 Å². The topological polar surface area (TPSA) is 95.4 Å².